The van der Waals surface area contributed by atoms with Gasteiger partial charge in [-0.15, -0.1) is 0 Å². The lowest BCUT2D eigenvalue weighted by atomic mass is 10.1. The number of ether oxygens (including phenoxy) is 1. The smallest absolute Gasteiger partial charge is 0.222 e. The second-order valence-electron chi connectivity index (χ2n) is 5.86. The van der Waals surface area contributed by atoms with E-state index in [-0.39, 0.29) is 12.0 Å². The first kappa shape index (κ1) is 14.7. The van der Waals surface area contributed by atoms with Crippen LogP contribution >= 0.6 is 12.2 Å². The van der Waals surface area contributed by atoms with Gasteiger partial charge in [-0.1, -0.05) is 0 Å². The Hall–Kier alpha value is -1.21. The predicted molar refractivity (Wildman–Crippen MR) is 80.6 cm³/mol. The molecule has 2 heterocycles. The normalized spacial score (nSPS) is 22.2. The van der Waals surface area contributed by atoms with E-state index >= 15 is 0 Å². The number of aromatic nitrogens is 3. The number of carbonyl (C=O) groups excluding carboxylic acids is 1. The van der Waals surface area contributed by atoms with Crippen molar-refractivity contribution in [3.63, 3.8) is 0 Å². The molecule has 1 aromatic rings. The van der Waals surface area contributed by atoms with Crippen molar-refractivity contribution in [2.75, 3.05) is 13.2 Å². The Morgan fingerprint density at radius 2 is 2.29 bits per heavy atom. The number of hydrogen-bond donors (Lipinski definition) is 2. The van der Waals surface area contributed by atoms with Gasteiger partial charge in [-0.25, -0.2) is 0 Å². The molecule has 116 valence electrons. The van der Waals surface area contributed by atoms with Crippen LogP contribution in [-0.4, -0.2) is 39.9 Å². The molecular formula is C14H22N4O2S. The fraction of sp³-hybridized carbons (Fsp3) is 0.786. The van der Waals surface area contributed by atoms with E-state index in [0.717, 1.165) is 31.7 Å². The third kappa shape index (κ3) is 3.91. The summed E-state index contributed by atoms with van der Waals surface area (Å²) in [5.41, 5.74) is 0. The average molecular weight is 310 g/mol. The molecular weight excluding hydrogens is 288 g/mol. The second-order valence-corrected chi connectivity index (χ2v) is 6.24. The standard InChI is InChI=1S/C14H22N4O2S/c19-12(9-11-3-1-2-8-20-11)15-6-7-18-13(10-4-5-10)16-17-14(18)21/h10-11H,1-9H2,(H,15,19)(H,17,21)/t11-/m0/s1. The van der Waals surface area contributed by atoms with Crippen molar-refractivity contribution >= 4 is 18.1 Å². The van der Waals surface area contributed by atoms with Crippen molar-refractivity contribution < 1.29 is 9.53 Å². The van der Waals surface area contributed by atoms with Gasteiger partial charge >= 0.3 is 0 Å². The summed E-state index contributed by atoms with van der Waals surface area (Å²) in [7, 11) is 0. The number of H-pyrrole nitrogens is 1. The third-order valence-corrected chi connectivity index (χ3v) is 4.39. The monoisotopic (exact) mass is 310 g/mol. The number of rotatable bonds is 6. The van der Waals surface area contributed by atoms with Gasteiger partial charge in [-0.3, -0.25) is 9.89 Å². The summed E-state index contributed by atoms with van der Waals surface area (Å²) in [4.78, 5) is 11.9. The Morgan fingerprint density at radius 1 is 1.43 bits per heavy atom. The Morgan fingerprint density at radius 3 is 3.00 bits per heavy atom. The first-order valence-electron chi connectivity index (χ1n) is 7.77. The fourth-order valence-corrected chi connectivity index (χ4v) is 2.98. The number of nitrogens with zero attached hydrogens (tertiary/aromatic N) is 2. The van der Waals surface area contributed by atoms with E-state index in [0.29, 0.717) is 30.2 Å². The zero-order valence-electron chi connectivity index (χ0n) is 12.1. The van der Waals surface area contributed by atoms with Gasteiger partial charge in [0.25, 0.3) is 0 Å². The highest BCUT2D eigenvalue weighted by molar-refractivity contribution is 7.71. The molecule has 1 aliphatic heterocycles. The van der Waals surface area contributed by atoms with Gasteiger partial charge in [0, 0.05) is 25.6 Å². The molecule has 1 amide bonds. The molecule has 0 unspecified atom stereocenters. The fourth-order valence-electron chi connectivity index (χ4n) is 2.75. The maximum Gasteiger partial charge on any atom is 0.222 e. The minimum Gasteiger partial charge on any atom is -0.378 e. The van der Waals surface area contributed by atoms with Gasteiger partial charge in [0.15, 0.2) is 4.77 Å². The van der Waals surface area contributed by atoms with Crippen molar-refractivity contribution in [3.05, 3.63) is 10.6 Å². The van der Waals surface area contributed by atoms with Crippen LogP contribution in [0.3, 0.4) is 0 Å². The zero-order valence-corrected chi connectivity index (χ0v) is 13.0. The Balaban J connectivity index is 1.44. The Labute approximate surface area is 129 Å². The van der Waals surface area contributed by atoms with Crippen LogP contribution in [-0.2, 0) is 16.1 Å². The van der Waals surface area contributed by atoms with Gasteiger partial charge in [-0.05, 0) is 44.3 Å². The SMILES string of the molecule is O=C(C[C@@H]1CCCCO1)NCCn1c(C2CC2)n[nH]c1=S. The molecule has 1 atom stereocenters. The van der Waals surface area contributed by atoms with E-state index in [2.05, 4.69) is 15.5 Å². The number of carbonyl (C=O) groups is 1. The van der Waals surface area contributed by atoms with Crippen LogP contribution in [0.25, 0.3) is 0 Å². The molecule has 0 bridgehead atoms. The third-order valence-electron chi connectivity index (χ3n) is 4.07. The van der Waals surface area contributed by atoms with Crippen LogP contribution in [0.2, 0.25) is 0 Å². The minimum atomic E-state index is 0.0601. The number of aromatic amines is 1. The maximum absolute atomic E-state index is 11.9. The number of hydrogen-bond acceptors (Lipinski definition) is 4. The van der Waals surface area contributed by atoms with E-state index in [1.807, 2.05) is 4.57 Å². The first-order chi connectivity index (χ1) is 10.2. The lowest BCUT2D eigenvalue weighted by molar-refractivity contribution is -0.124. The molecule has 7 heteroatoms. The molecule has 1 aromatic heterocycles. The van der Waals surface area contributed by atoms with E-state index in [1.54, 1.807) is 0 Å². The molecule has 2 aliphatic rings. The van der Waals surface area contributed by atoms with Crippen LogP contribution in [0.5, 0.6) is 0 Å². The highest BCUT2D eigenvalue weighted by Gasteiger charge is 2.28. The van der Waals surface area contributed by atoms with Gasteiger partial charge in [0.1, 0.15) is 5.82 Å². The zero-order chi connectivity index (χ0) is 14.7. The van der Waals surface area contributed by atoms with E-state index in [1.165, 1.54) is 12.8 Å². The van der Waals surface area contributed by atoms with Crippen LogP contribution in [0.4, 0.5) is 0 Å². The second kappa shape index (κ2) is 6.70. The highest BCUT2D eigenvalue weighted by atomic mass is 32.1. The molecule has 0 aromatic carbocycles. The Kier molecular flexibility index (Phi) is 4.70. The summed E-state index contributed by atoms with van der Waals surface area (Å²) in [6.07, 6.45) is 6.19. The van der Waals surface area contributed by atoms with E-state index in [9.17, 15) is 4.79 Å². The maximum atomic E-state index is 11.9. The molecule has 1 saturated carbocycles. The van der Waals surface area contributed by atoms with Crippen LogP contribution in [0.15, 0.2) is 0 Å². The van der Waals surface area contributed by atoms with Crippen LogP contribution in [0.1, 0.15) is 50.3 Å². The lowest BCUT2D eigenvalue weighted by Crippen LogP contribution is -2.32. The summed E-state index contributed by atoms with van der Waals surface area (Å²) in [6.45, 7) is 2.05. The molecule has 1 aliphatic carbocycles. The average Bonchev–Trinajstić information content (AvgIpc) is 3.26. The molecule has 3 rings (SSSR count). The topological polar surface area (TPSA) is 71.9 Å². The molecule has 2 N–H and O–H groups in total. The molecule has 0 spiro atoms. The molecule has 0 radical (unpaired) electrons. The predicted octanol–water partition coefficient (Wildman–Crippen LogP) is 1.89. The molecule has 21 heavy (non-hydrogen) atoms. The number of amides is 1. The van der Waals surface area contributed by atoms with Crippen molar-refractivity contribution in [2.45, 2.75) is 57.1 Å². The van der Waals surface area contributed by atoms with Gasteiger partial charge in [0.05, 0.1) is 12.5 Å². The highest BCUT2D eigenvalue weighted by Crippen LogP contribution is 2.38. The quantitative estimate of drug-likeness (QED) is 0.787. The number of nitrogens with one attached hydrogen (secondary N) is 2. The Bertz CT molecular complexity index is 543. The van der Waals surface area contributed by atoms with E-state index < -0.39 is 0 Å². The summed E-state index contributed by atoms with van der Waals surface area (Å²) in [5.74, 6) is 1.64. The summed E-state index contributed by atoms with van der Waals surface area (Å²) in [6, 6.07) is 0. The van der Waals surface area contributed by atoms with Gasteiger partial charge in [0.2, 0.25) is 5.91 Å². The lowest BCUT2D eigenvalue weighted by Gasteiger charge is -2.21. The summed E-state index contributed by atoms with van der Waals surface area (Å²) in [5, 5.41) is 10.1. The van der Waals surface area contributed by atoms with Crippen LogP contribution in [0, 0.1) is 4.77 Å². The van der Waals surface area contributed by atoms with Crippen molar-refractivity contribution in [2.24, 2.45) is 0 Å². The van der Waals surface area contributed by atoms with Gasteiger partial charge in [-0.2, -0.15) is 5.10 Å². The molecule has 1 saturated heterocycles. The first-order valence-corrected chi connectivity index (χ1v) is 8.18. The van der Waals surface area contributed by atoms with Crippen molar-refractivity contribution in [3.8, 4) is 0 Å². The van der Waals surface area contributed by atoms with E-state index in [4.69, 9.17) is 17.0 Å². The largest absolute Gasteiger partial charge is 0.378 e. The van der Waals surface area contributed by atoms with Crippen LogP contribution < -0.4 is 5.32 Å². The summed E-state index contributed by atoms with van der Waals surface area (Å²) >= 11 is 5.24. The minimum absolute atomic E-state index is 0.0601. The molecule has 2 fully saturated rings. The molecule has 6 nitrogen and oxygen atoms in total. The van der Waals surface area contributed by atoms with Crippen molar-refractivity contribution in [1.82, 2.24) is 20.1 Å². The van der Waals surface area contributed by atoms with Gasteiger partial charge < -0.3 is 14.6 Å². The van der Waals surface area contributed by atoms with Crippen molar-refractivity contribution in [1.29, 1.82) is 0 Å². The summed E-state index contributed by atoms with van der Waals surface area (Å²) < 4.78 is 8.23.